The van der Waals surface area contributed by atoms with Crippen LogP contribution >= 0.6 is 27.5 Å². The molecule has 98 valence electrons. The Kier molecular flexibility index (Phi) is 4.56. The summed E-state index contributed by atoms with van der Waals surface area (Å²) in [6, 6.07) is 1.29. The Morgan fingerprint density at radius 1 is 1.44 bits per heavy atom. The Balaban J connectivity index is 2.10. The molecule has 0 unspecified atom stereocenters. The fourth-order valence-electron chi connectivity index (χ4n) is 2.11. The molecule has 0 radical (unpaired) electrons. The van der Waals surface area contributed by atoms with E-state index in [1.165, 1.54) is 6.42 Å². The highest BCUT2D eigenvalue weighted by Gasteiger charge is 2.20. The van der Waals surface area contributed by atoms with Crippen LogP contribution in [0.5, 0.6) is 0 Å². The molecule has 0 bridgehead atoms. The molecule has 1 aromatic heterocycles. The Labute approximate surface area is 118 Å². The molecule has 0 saturated heterocycles. The summed E-state index contributed by atoms with van der Waals surface area (Å²) < 4.78 is 13.6. The van der Waals surface area contributed by atoms with Gasteiger partial charge in [0.2, 0.25) is 0 Å². The largest absolute Gasteiger partial charge is 0.349 e. The molecule has 1 aromatic rings. The molecule has 1 aliphatic rings. The van der Waals surface area contributed by atoms with Gasteiger partial charge in [0.15, 0.2) is 11.0 Å². The highest BCUT2D eigenvalue weighted by molar-refractivity contribution is 9.10. The molecule has 0 aliphatic heterocycles. The summed E-state index contributed by atoms with van der Waals surface area (Å²) in [7, 11) is 0. The van der Waals surface area contributed by atoms with Crippen LogP contribution < -0.4 is 5.32 Å². The van der Waals surface area contributed by atoms with Gasteiger partial charge < -0.3 is 5.32 Å². The smallest absolute Gasteiger partial charge is 0.254 e. The molecular formula is C12H13BrClFN2O. The van der Waals surface area contributed by atoms with Crippen molar-refractivity contribution in [1.82, 2.24) is 10.3 Å². The Morgan fingerprint density at radius 3 is 2.78 bits per heavy atom. The summed E-state index contributed by atoms with van der Waals surface area (Å²) >= 11 is 8.66. The zero-order valence-electron chi connectivity index (χ0n) is 9.68. The summed E-state index contributed by atoms with van der Waals surface area (Å²) in [6.07, 6.45) is 5.42. The lowest BCUT2D eigenvalue weighted by molar-refractivity contribution is 0.0926. The molecule has 1 heterocycles. The van der Waals surface area contributed by atoms with E-state index in [-0.39, 0.29) is 27.3 Å². The highest BCUT2D eigenvalue weighted by atomic mass is 79.9. The van der Waals surface area contributed by atoms with Crippen molar-refractivity contribution >= 4 is 33.4 Å². The number of amides is 1. The molecule has 1 aliphatic carbocycles. The predicted molar refractivity (Wildman–Crippen MR) is 71.2 cm³/mol. The van der Waals surface area contributed by atoms with E-state index in [0.717, 1.165) is 31.7 Å². The number of rotatable bonds is 2. The average molecular weight is 336 g/mol. The van der Waals surface area contributed by atoms with Gasteiger partial charge in [-0.25, -0.2) is 9.37 Å². The van der Waals surface area contributed by atoms with Gasteiger partial charge in [-0.3, -0.25) is 4.79 Å². The van der Waals surface area contributed by atoms with E-state index in [0.29, 0.717) is 0 Å². The lowest BCUT2D eigenvalue weighted by Crippen LogP contribution is -2.36. The third kappa shape index (κ3) is 3.20. The van der Waals surface area contributed by atoms with Crippen molar-refractivity contribution in [2.75, 3.05) is 0 Å². The fourth-order valence-corrected chi connectivity index (χ4v) is 2.83. The molecule has 0 atom stereocenters. The monoisotopic (exact) mass is 334 g/mol. The molecule has 0 aromatic carbocycles. The minimum absolute atomic E-state index is 0.178. The zero-order valence-corrected chi connectivity index (χ0v) is 12.0. The van der Waals surface area contributed by atoms with E-state index >= 15 is 0 Å². The average Bonchev–Trinajstić information content (AvgIpc) is 2.35. The van der Waals surface area contributed by atoms with Crippen molar-refractivity contribution < 1.29 is 9.18 Å². The van der Waals surface area contributed by atoms with Gasteiger partial charge in [0.05, 0.1) is 5.56 Å². The Morgan fingerprint density at radius 2 is 2.11 bits per heavy atom. The van der Waals surface area contributed by atoms with Crippen LogP contribution in [-0.2, 0) is 0 Å². The normalized spacial score (nSPS) is 16.6. The molecule has 3 nitrogen and oxygen atoms in total. The molecule has 18 heavy (non-hydrogen) atoms. The second kappa shape index (κ2) is 5.97. The highest BCUT2D eigenvalue weighted by Crippen LogP contribution is 2.22. The van der Waals surface area contributed by atoms with Crippen molar-refractivity contribution in [3.05, 3.63) is 27.2 Å². The first kappa shape index (κ1) is 13.7. The van der Waals surface area contributed by atoms with Crippen molar-refractivity contribution in [3.63, 3.8) is 0 Å². The molecule has 1 amide bonds. The number of nitrogens with one attached hydrogen (secondary N) is 1. The van der Waals surface area contributed by atoms with Crippen LogP contribution in [0.4, 0.5) is 4.39 Å². The number of pyridine rings is 1. The SMILES string of the molecule is O=C(NC1CCCCC1)c1cc(F)c(Cl)nc1Br. The minimum Gasteiger partial charge on any atom is -0.349 e. The first-order valence-corrected chi connectivity index (χ1v) is 7.07. The second-order valence-corrected chi connectivity index (χ2v) is 5.52. The first-order chi connectivity index (χ1) is 8.58. The summed E-state index contributed by atoms with van der Waals surface area (Å²) in [5.41, 5.74) is 0.183. The van der Waals surface area contributed by atoms with E-state index in [4.69, 9.17) is 11.6 Å². The summed E-state index contributed by atoms with van der Waals surface area (Å²) in [6.45, 7) is 0. The van der Waals surface area contributed by atoms with E-state index in [2.05, 4.69) is 26.2 Å². The third-order valence-corrected chi connectivity index (χ3v) is 3.94. The van der Waals surface area contributed by atoms with Crippen LogP contribution in [0, 0.1) is 5.82 Å². The minimum atomic E-state index is -0.686. The maximum atomic E-state index is 13.3. The van der Waals surface area contributed by atoms with Crippen LogP contribution in [0.1, 0.15) is 42.5 Å². The van der Waals surface area contributed by atoms with Crippen LogP contribution in [0.2, 0.25) is 5.15 Å². The lowest BCUT2D eigenvalue weighted by atomic mass is 9.95. The maximum absolute atomic E-state index is 13.3. The molecule has 1 fully saturated rings. The lowest BCUT2D eigenvalue weighted by Gasteiger charge is -2.22. The van der Waals surface area contributed by atoms with Crippen molar-refractivity contribution in [2.45, 2.75) is 38.1 Å². The van der Waals surface area contributed by atoms with Gasteiger partial charge in [0.1, 0.15) is 4.60 Å². The number of halogens is 3. The second-order valence-electron chi connectivity index (χ2n) is 4.41. The van der Waals surface area contributed by atoms with Crippen molar-refractivity contribution in [3.8, 4) is 0 Å². The number of carbonyl (C=O) groups excluding carboxylic acids is 1. The van der Waals surface area contributed by atoms with Crippen LogP contribution in [0.3, 0.4) is 0 Å². The van der Waals surface area contributed by atoms with Crippen LogP contribution in [0.25, 0.3) is 0 Å². The number of carbonyl (C=O) groups is 1. The predicted octanol–water partition coefficient (Wildman–Crippen LogP) is 3.70. The fraction of sp³-hybridized carbons (Fsp3) is 0.500. The van der Waals surface area contributed by atoms with Crippen LogP contribution in [-0.4, -0.2) is 16.9 Å². The molecule has 2 rings (SSSR count). The Bertz CT molecular complexity index is 464. The standard InChI is InChI=1S/C12H13BrClFN2O/c13-10-8(6-9(15)11(14)17-10)12(18)16-7-4-2-1-3-5-7/h6-7H,1-5H2,(H,16,18). The number of hydrogen-bond donors (Lipinski definition) is 1. The van der Waals surface area contributed by atoms with Gasteiger partial charge >= 0.3 is 0 Å². The number of hydrogen-bond acceptors (Lipinski definition) is 2. The molecule has 0 spiro atoms. The van der Waals surface area contributed by atoms with Crippen molar-refractivity contribution in [2.24, 2.45) is 0 Å². The third-order valence-electron chi connectivity index (χ3n) is 3.07. The first-order valence-electron chi connectivity index (χ1n) is 5.90. The number of nitrogens with zero attached hydrogens (tertiary/aromatic N) is 1. The van der Waals surface area contributed by atoms with Gasteiger partial charge in [-0.15, -0.1) is 0 Å². The summed E-state index contributed by atoms with van der Waals surface area (Å²) in [4.78, 5) is 15.7. The van der Waals surface area contributed by atoms with Gasteiger partial charge in [-0.1, -0.05) is 30.9 Å². The van der Waals surface area contributed by atoms with Gasteiger partial charge in [0.25, 0.3) is 5.91 Å². The van der Waals surface area contributed by atoms with Gasteiger partial charge in [-0.05, 0) is 34.8 Å². The maximum Gasteiger partial charge on any atom is 0.254 e. The van der Waals surface area contributed by atoms with Crippen molar-refractivity contribution in [1.29, 1.82) is 0 Å². The zero-order chi connectivity index (χ0) is 13.1. The van der Waals surface area contributed by atoms with Crippen LogP contribution in [0.15, 0.2) is 10.7 Å². The number of aromatic nitrogens is 1. The summed E-state index contributed by atoms with van der Waals surface area (Å²) in [5, 5.41) is 2.66. The van der Waals surface area contributed by atoms with E-state index < -0.39 is 5.82 Å². The summed E-state index contributed by atoms with van der Waals surface area (Å²) in [5.74, 6) is -0.995. The van der Waals surface area contributed by atoms with E-state index in [1.54, 1.807) is 0 Å². The Hall–Kier alpha value is -0.680. The molecular weight excluding hydrogens is 322 g/mol. The molecule has 6 heteroatoms. The van der Waals surface area contributed by atoms with Gasteiger partial charge in [0, 0.05) is 6.04 Å². The quantitative estimate of drug-likeness (QED) is 0.837. The van der Waals surface area contributed by atoms with Gasteiger partial charge in [-0.2, -0.15) is 0 Å². The molecule has 1 saturated carbocycles. The molecule has 1 N–H and O–H groups in total. The topological polar surface area (TPSA) is 42.0 Å². The van der Waals surface area contributed by atoms with E-state index in [1.807, 2.05) is 0 Å². The van der Waals surface area contributed by atoms with E-state index in [9.17, 15) is 9.18 Å².